The van der Waals surface area contributed by atoms with Crippen LogP contribution in [0.5, 0.6) is 5.75 Å². The van der Waals surface area contributed by atoms with Crippen molar-refractivity contribution in [3.05, 3.63) is 23.8 Å². The Morgan fingerprint density at radius 3 is 2.48 bits per heavy atom. The zero-order valence-electron chi connectivity index (χ0n) is 11.8. The number of ether oxygens (including phenoxy) is 1. The minimum absolute atomic E-state index is 0.00348. The van der Waals surface area contributed by atoms with Gasteiger partial charge in [0.15, 0.2) is 0 Å². The lowest BCUT2D eigenvalue weighted by molar-refractivity contribution is -0.120. The zero-order chi connectivity index (χ0) is 16.2. The number of carboxylic acids is 1. The Labute approximate surface area is 122 Å². The van der Waals surface area contributed by atoms with Gasteiger partial charge < -0.3 is 15.2 Å². The molecule has 0 saturated heterocycles. The molecule has 0 spiro atoms. The predicted octanol–water partition coefficient (Wildman–Crippen LogP) is -0.240. The van der Waals surface area contributed by atoms with Crippen LogP contribution in [0.1, 0.15) is 10.4 Å². The highest BCUT2D eigenvalue weighted by Gasteiger charge is 2.27. The topological polar surface area (TPSA) is 113 Å². The lowest BCUT2D eigenvalue weighted by Gasteiger charge is -2.18. The van der Waals surface area contributed by atoms with E-state index in [-0.39, 0.29) is 22.8 Å². The molecule has 2 N–H and O–H groups in total. The van der Waals surface area contributed by atoms with E-state index in [0.29, 0.717) is 0 Å². The van der Waals surface area contributed by atoms with Gasteiger partial charge in [0.1, 0.15) is 10.6 Å². The van der Waals surface area contributed by atoms with E-state index in [0.717, 1.165) is 10.4 Å². The minimum atomic E-state index is -4.06. The van der Waals surface area contributed by atoms with Gasteiger partial charge >= 0.3 is 5.97 Å². The van der Waals surface area contributed by atoms with Crippen LogP contribution < -0.4 is 10.1 Å². The highest BCUT2D eigenvalue weighted by molar-refractivity contribution is 7.89. The minimum Gasteiger partial charge on any atom is -0.495 e. The molecule has 0 heterocycles. The molecule has 1 aromatic carbocycles. The number of methoxy groups -OCH3 is 1. The average molecular weight is 316 g/mol. The van der Waals surface area contributed by atoms with Crippen molar-refractivity contribution in [2.75, 3.05) is 27.7 Å². The first kappa shape index (κ1) is 16.9. The molecular formula is C12H16N2O6S. The first-order valence-corrected chi connectivity index (χ1v) is 7.26. The van der Waals surface area contributed by atoms with Crippen molar-refractivity contribution in [1.29, 1.82) is 0 Å². The smallest absolute Gasteiger partial charge is 0.335 e. The van der Waals surface area contributed by atoms with Crippen molar-refractivity contribution < 1.29 is 27.9 Å². The maximum atomic E-state index is 12.4. The quantitative estimate of drug-likeness (QED) is 0.749. The number of carbonyl (C=O) groups excluding carboxylic acids is 1. The number of sulfonamides is 1. The van der Waals surface area contributed by atoms with Gasteiger partial charge in [0, 0.05) is 14.1 Å². The number of benzene rings is 1. The maximum Gasteiger partial charge on any atom is 0.335 e. The molecule has 0 atom stereocenters. The zero-order valence-corrected chi connectivity index (χ0v) is 12.6. The summed E-state index contributed by atoms with van der Waals surface area (Å²) < 4.78 is 30.6. The molecular weight excluding hydrogens is 300 g/mol. The molecule has 8 nitrogen and oxygen atoms in total. The summed E-state index contributed by atoms with van der Waals surface area (Å²) >= 11 is 0. The Kier molecular flexibility index (Phi) is 5.28. The molecule has 0 fully saturated rings. The van der Waals surface area contributed by atoms with Gasteiger partial charge in [-0.15, -0.1) is 0 Å². The van der Waals surface area contributed by atoms with Crippen molar-refractivity contribution in [1.82, 2.24) is 9.62 Å². The molecule has 0 radical (unpaired) electrons. The fourth-order valence-electron chi connectivity index (χ4n) is 1.55. The van der Waals surface area contributed by atoms with Crippen LogP contribution in [0.4, 0.5) is 0 Å². The van der Waals surface area contributed by atoms with Crippen LogP contribution in [0, 0.1) is 0 Å². The molecule has 9 heteroatoms. The fraction of sp³-hybridized carbons (Fsp3) is 0.333. The third-order valence-electron chi connectivity index (χ3n) is 2.74. The summed E-state index contributed by atoms with van der Waals surface area (Å²) in [4.78, 5) is 21.9. The van der Waals surface area contributed by atoms with E-state index in [9.17, 15) is 18.0 Å². The number of nitrogens with zero attached hydrogens (tertiary/aromatic N) is 1. The first-order valence-electron chi connectivity index (χ1n) is 5.82. The SMILES string of the molecule is CNC(=O)CN(C)S(=O)(=O)c1cc(C(=O)O)ccc1OC. The number of likely N-dealkylation sites (N-methyl/N-ethyl adjacent to an activating group) is 2. The summed E-state index contributed by atoms with van der Waals surface area (Å²) in [6.07, 6.45) is 0. The number of carboxylic acid groups (broad SMARTS) is 1. The van der Waals surface area contributed by atoms with Gasteiger partial charge in [-0.1, -0.05) is 0 Å². The van der Waals surface area contributed by atoms with Crippen LogP contribution in [0.25, 0.3) is 0 Å². The Morgan fingerprint density at radius 1 is 1.38 bits per heavy atom. The second-order valence-electron chi connectivity index (χ2n) is 4.11. The van der Waals surface area contributed by atoms with Crippen molar-refractivity contribution in [3.63, 3.8) is 0 Å². The molecule has 0 bridgehead atoms. The van der Waals surface area contributed by atoms with E-state index in [4.69, 9.17) is 9.84 Å². The van der Waals surface area contributed by atoms with Crippen LogP contribution in [-0.2, 0) is 14.8 Å². The molecule has 1 amide bonds. The van der Waals surface area contributed by atoms with E-state index in [1.165, 1.54) is 33.3 Å². The molecule has 0 saturated carbocycles. The molecule has 116 valence electrons. The molecule has 1 rings (SSSR count). The second-order valence-corrected chi connectivity index (χ2v) is 6.12. The third-order valence-corrected chi connectivity index (χ3v) is 4.57. The average Bonchev–Trinajstić information content (AvgIpc) is 2.45. The van der Waals surface area contributed by atoms with Crippen molar-refractivity contribution in [3.8, 4) is 5.75 Å². The summed E-state index contributed by atoms with van der Waals surface area (Å²) in [7, 11) is -0.184. The molecule has 0 aromatic heterocycles. The van der Waals surface area contributed by atoms with Gasteiger partial charge in [-0.3, -0.25) is 4.79 Å². The third kappa shape index (κ3) is 3.70. The van der Waals surface area contributed by atoms with Crippen LogP contribution in [0.2, 0.25) is 0 Å². The lowest BCUT2D eigenvalue weighted by atomic mass is 10.2. The fourth-order valence-corrected chi connectivity index (χ4v) is 2.85. The monoisotopic (exact) mass is 316 g/mol. The number of hydrogen-bond donors (Lipinski definition) is 2. The molecule has 1 aromatic rings. The summed E-state index contributed by atoms with van der Waals surface area (Å²) in [5, 5.41) is 11.3. The highest BCUT2D eigenvalue weighted by Crippen LogP contribution is 2.27. The number of carbonyl (C=O) groups is 2. The van der Waals surface area contributed by atoms with Gasteiger partial charge in [0.2, 0.25) is 15.9 Å². The van der Waals surface area contributed by atoms with E-state index in [1.54, 1.807) is 0 Å². The molecule has 0 aliphatic rings. The first-order chi connectivity index (χ1) is 9.73. The predicted molar refractivity (Wildman–Crippen MR) is 73.8 cm³/mol. The van der Waals surface area contributed by atoms with Gasteiger partial charge in [-0.2, -0.15) is 4.31 Å². The Morgan fingerprint density at radius 2 is 2.00 bits per heavy atom. The standard InChI is InChI=1S/C12H16N2O6S/c1-13-11(15)7-14(2)21(18,19)10-6-8(12(16)17)4-5-9(10)20-3/h4-6H,7H2,1-3H3,(H,13,15)(H,16,17). The largest absolute Gasteiger partial charge is 0.495 e. The van der Waals surface area contributed by atoms with Gasteiger partial charge in [-0.25, -0.2) is 13.2 Å². The number of amides is 1. The van der Waals surface area contributed by atoms with Gasteiger partial charge in [-0.05, 0) is 18.2 Å². The van der Waals surface area contributed by atoms with Crippen molar-refractivity contribution in [2.45, 2.75) is 4.90 Å². The van der Waals surface area contributed by atoms with E-state index < -0.39 is 21.9 Å². The molecule has 0 aliphatic carbocycles. The van der Waals surface area contributed by atoms with Gasteiger partial charge in [0.05, 0.1) is 19.2 Å². The van der Waals surface area contributed by atoms with Crippen LogP contribution in [0.3, 0.4) is 0 Å². The van der Waals surface area contributed by atoms with E-state index in [2.05, 4.69) is 5.32 Å². The Hall–Kier alpha value is -2.13. The maximum absolute atomic E-state index is 12.4. The summed E-state index contributed by atoms with van der Waals surface area (Å²) in [5.74, 6) is -1.75. The lowest BCUT2D eigenvalue weighted by Crippen LogP contribution is -2.37. The number of rotatable bonds is 6. The Bertz CT molecular complexity index is 656. The Balaban J connectivity index is 3.31. The van der Waals surface area contributed by atoms with Crippen molar-refractivity contribution >= 4 is 21.9 Å². The molecule has 0 aliphatic heterocycles. The highest BCUT2D eigenvalue weighted by atomic mass is 32.2. The van der Waals surface area contributed by atoms with Gasteiger partial charge in [0.25, 0.3) is 0 Å². The van der Waals surface area contributed by atoms with E-state index >= 15 is 0 Å². The number of nitrogens with one attached hydrogen (secondary N) is 1. The van der Waals surface area contributed by atoms with Crippen LogP contribution in [0.15, 0.2) is 23.1 Å². The summed E-state index contributed by atoms with van der Waals surface area (Å²) in [5.41, 5.74) is -0.192. The summed E-state index contributed by atoms with van der Waals surface area (Å²) in [6, 6.07) is 3.49. The number of hydrogen-bond acceptors (Lipinski definition) is 5. The normalized spacial score (nSPS) is 11.2. The molecule has 21 heavy (non-hydrogen) atoms. The van der Waals surface area contributed by atoms with Crippen LogP contribution >= 0.6 is 0 Å². The summed E-state index contributed by atoms with van der Waals surface area (Å²) in [6.45, 7) is -0.390. The second kappa shape index (κ2) is 6.55. The van der Waals surface area contributed by atoms with Crippen molar-refractivity contribution in [2.24, 2.45) is 0 Å². The number of aromatic carboxylic acids is 1. The molecule has 0 unspecified atom stereocenters. The van der Waals surface area contributed by atoms with E-state index in [1.807, 2.05) is 0 Å². The van der Waals surface area contributed by atoms with Crippen LogP contribution in [-0.4, -0.2) is 57.5 Å².